The lowest BCUT2D eigenvalue weighted by atomic mass is 10.1. The minimum absolute atomic E-state index is 0.151. The van der Waals surface area contributed by atoms with Crippen molar-refractivity contribution in [2.75, 3.05) is 5.32 Å². The van der Waals surface area contributed by atoms with E-state index in [0.29, 0.717) is 18.8 Å². The van der Waals surface area contributed by atoms with Crippen LogP contribution in [0.2, 0.25) is 0 Å². The number of anilines is 1. The summed E-state index contributed by atoms with van der Waals surface area (Å²) in [5.74, 6) is -0.153. The minimum atomic E-state index is -4.72. The number of hydrogen-bond donors (Lipinski definition) is 2. The largest absolute Gasteiger partial charge is 0.573 e. The zero-order valence-electron chi connectivity index (χ0n) is 14.7. The van der Waals surface area contributed by atoms with Crippen LogP contribution in [0.15, 0.2) is 72.0 Å². The Morgan fingerprint density at radius 1 is 1.07 bits per heavy atom. The predicted molar refractivity (Wildman–Crippen MR) is 99.8 cm³/mol. The summed E-state index contributed by atoms with van der Waals surface area (Å²) >= 11 is 0. The molecule has 0 atom stereocenters. The predicted octanol–water partition coefficient (Wildman–Crippen LogP) is 3.76. The second-order valence-corrected chi connectivity index (χ2v) is 5.87. The third-order valence-corrected chi connectivity index (χ3v) is 3.79. The van der Waals surface area contributed by atoms with E-state index in [-0.39, 0.29) is 11.7 Å². The van der Waals surface area contributed by atoms with E-state index in [4.69, 9.17) is 5.73 Å². The monoisotopic (exact) mass is 389 g/mol. The molecule has 3 N–H and O–H groups in total. The fourth-order valence-corrected chi connectivity index (χ4v) is 2.53. The van der Waals surface area contributed by atoms with Gasteiger partial charge in [0, 0.05) is 18.1 Å². The number of aromatic nitrogens is 2. The number of nitrogens with two attached hydrogens (primary N) is 1. The Morgan fingerprint density at radius 3 is 2.43 bits per heavy atom. The van der Waals surface area contributed by atoms with Gasteiger partial charge in [0.1, 0.15) is 5.75 Å². The van der Waals surface area contributed by atoms with Crippen molar-refractivity contribution in [3.05, 3.63) is 78.1 Å². The van der Waals surface area contributed by atoms with Crippen LogP contribution in [0.1, 0.15) is 11.1 Å². The average molecular weight is 389 g/mol. The third-order valence-electron chi connectivity index (χ3n) is 3.79. The van der Waals surface area contributed by atoms with Crippen molar-refractivity contribution in [2.24, 2.45) is 10.7 Å². The van der Waals surface area contributed by atoms with Crippen LogP contribution in [0, 0.1) is 0 Å². The summed E-state index contributed by atoms with van der Waals surface area (Å²) in [7, 11) is 0. The van der Waals surface area contributed by atoms with Gasteiger partial charge in [0.2, 0.25) is 0 Å². The van der Waals surface area contributed by atoms with Crippen molar-refractivity contribution in [3.8, 4) is 5.75 Å². The highest BCUT2D eigenvalue weighted by atomic mass is 19.4. The molecule has 0 aliphatic rings. The first-order chi connectivity index (χ1) is 13.4. The van der Waals surface area contributed by atoms with Gasteiger partial charge in [-0.25, -0.2) is 4.99 Å². The Hall–Kier alpha value is -3.49. The second-order valence-electron chi connectivity index (χ2n) is 5.87. The quantitative estimate of drug-likeness (QED) is 0.497. The van der Waals surface area contributed by atoms with Gasteiger partial charge in [0.25, 0.3) is 0 Å². The van der Waals surface area contributed by atoms with Gasteiger partial charge in [0.05, 0.1) is 13.1 Å². The van der Waals surface area contributed by atoms with Gasteiger partial charge in [-0.3, -0.25) is 4.68 Å². The molecule has 9 heteroatoms. The smallest absolute Gasteiger partial charge is 0.406 e. The Balaban J connectivity index is 1.62. The van der Waals surface area contributed by atoms with Gasteiger partial charge in [-0.2, -0.15) is 5.10 Å². The number of halogens is 3. The first-order valence-corrected chi connectivity index (χ1v) is 8.36. The van der Waals surface area contributed by atoms with Crippen LogP contribution in [0.25, 0.3) is 0 Å². The number of hydrogen-bond acceptors (Lipinski definition) is 3. The molecule has 3 aromatic rings. The zero-order valence-corrected chi connectivity index (χ0v) is 14.7. The van der Waals surface area contributed by atoms with E-state index in [9.17, 15) is 13.2 Å². The molecule has 2 aromatic carbocycles. The molecule has 1 heterocycles. The van der Waals surface area contributed by atoms with E-state index < -0.39 is 6.36 Å². The maximum atomic E-state index is 12.2. The molecule has 6 nitrogen and oxygen atoms in total. The lowest BCUT2D eigenvalue weighted by Crippen LogP contribution is -2.22. The highest BCUT2D eigenvalue weighted by Gasteiger charge is 2.30. The van der Waals surface area contributed by atoms with Gasteiger partial charge in [-0.15, -0.1) is 13.2 Å². The minimum Gasteiger partial charge on any atom is -0.406 e. The topological polar surface area (TPSA) is 77.5 Å². The van der Waals surface area contributed by atoms with Crippen LogP contribution in [0.5, 0.6) is 5.75 Å². The number of ether oxygens (including phenoxy) is 1. The Bertz CT molecular complexity index is 921. The number of alkyl halides is 3. The molecule has 3 rings (SSSR count). The first kappa shape index (κ1) is 19.3. The summed E-state index contributed by atoms with van der Waals surface area (Å²) in [6.45, 7) is 0.970. The summed E-state index contributed by atoms with van der Waals surface area (Å²) in [6, 6.07) is 14.9. The molecule has 0 spiro atoms. The van der Waals surface area contributed by atoms with Gasteiger partial charge >= 0.3 is 6.36 Å². The lowest BCUT2D eigenvalue weighted by Gasteiger charge is -2.11. The van der Waals surface area contributed by atoms with E-state index in [1.807, 2.05) is 41.2 Å². The van der Waals surface area contributed by atoms with Crippen molar-refractivity contribution in [1.29, 1.82) is 0 Å². The molecule has 28 heavy (non-hydrogen) atoms. The van der Waals surface area contributed by atoms with Crippen LogP contribution in [-0.2, 0) is 13.1 Å². The number of nitrogens with one attached hydrogen (secondary N) is 1. The van der Waals surface area contributed by atoms with E-state index >= 15 is 0 Å². The van der Waals surface area contributed by atoms with Crippen molar-refractivity contribution >= 4 is 11.6 Å². The summed E-state index contributed by atoms with van der Waals surface area (Å²) in [6.07, 6.45) is -1.13. The molecular formula is C19H18F3N5O. The Labute approximate surface area is 159 Å². The van der Waals surface area contributed by atoms with E-state index in [0.717, 1.165) is 11.1 Å². The summed E-state index contributed by atoms with van der Waals surface area (Å²) < 4.78 is 42.2. The molecule has 0 bridgehead atoms. The van der Waals surface area contributed by atoms with E-state index in [2.05, 4.69) is 20.1 Å². The van der Waals surface area contributed by atoms with E-state index in [1.54, 1.807) is 6.20 Å². The lowest BCUT2D eigenvalue weighted by molar-refractivity contribution is -0.274. The van der Waals surface area contributed by atoms with E-state index in [1.165, 1.54) is 24.3 Å². The molecule has 0 unspecified atom stereocenters. The normalized spacial score (nSPS) is 12.0. The van der Waals surface area contributed by atoms with Crippen LogP contribution >= 0.6 is 0 Å². The van der Waals surface area contributed by atoms with Crippen molar-refractivity contribution in [2.45, 2.75) is 19.5 Å². The van der Waals surface area contributed by atoms with Gasteiger partial charge < -0.3 is 15.8 Å². The van der Waals surface area contributed by atoms with Crippen LogP contribution in [0.3, 0.4) is 0 Å². The SMILES string of the molecule is NC(=NCc1ccccc1Cn1cccn1)Nc1ccc(OC(F)(F)F)cc1. The van der Waals surface area contributed by atoms with Gasteiger partial charge in [-0.1, -0.05) is 24.3 Å². The second kappa shape index (κ2) is 8.47. The molecule has 0 aliphatic carbocycles. The standard InChI is InChI=1S/C19H18F3N5O/c20-19(21,22)28-17-8-6-16(7-9-17)26-18(23)24-12-14-4-1-2-5-15(14)13-27-11-3-10-25-27/h1-11H,12-13H2,(H3,23,24,26). The third kappa shape index (κ3) is 5.76. The highest BCUT2D eigenvalue weighted by molar-refractivity contribution is 5.92. The van der Waals surface area contributed by atoms with Crippen LogP contribution in [-0.4, -0.2) is 22.1 Å². The fraction of sp³-hybridized carbons (Fsp3) is 0.158. The average Bonchev–Trinajstić information content (AvgIpc) is 3.14. The number of benzene rings is 2. The molecule has 146 valence electrons. The zero-order chi connectivity index (χ0) is 20.0. The van der Waals surface area contributed by atoms with Crippen molar-refractivity contribution in [3.63, 3.8) is 0 Å². The number of rotatable bonds is 6. The van der Waals surface area contributed by atoms with Crippen molar-refractivity contribution in [1.82, 2.24) is 9.78 Å². The number of aliphatic imine (C=N–C) groups is 1. The Kier molecular flexibility index (Phi) is 5.83. The number of nitrogens with zero attached hydrogens (tertiary/aromatic N) is 3. The van der Waals surface area contributed by atoms with Gasteiger partial charge in [0.15, 0.2) is 5.96 Å². The molecule has 0 saturated carbocycles. The molecule has 0 amide bonds. The molecule has 0 aliphatic heterocycles. The maximum absolute atomic E-state index is 12.2. The van der Waals surface area contributed by atoms with Gasteiger partial charge in [-0.05, 0) is 41.5 Å². The molecule has 0 fully saturated rings. The fourth-order valence-electron chi connectivity index (χ4n) is 2.53. The summed E-state index contributed by atoms with van der Waals surface area (Å²) in [4.78, 5) is 4.30. The molecule has 0 radical (unpaired) electrons. The molecule has 1 aromatic heterocycles. The van der Waals surface area contributed by atoms with Crippen LogP contribution < -0.4 is 15.8 Å². The van der Waals surface area contributed by atoms with Crippen molar-refractivity contribution < 1.29 is 17.9 Å². The Morgan fingerprint density at radius 2 is 1.79 bits per heavy atom. The summed E-state index contributed by atoms with van der Waals surface area (Å²) in [5.41, 5.74) is 8.45. The highest BCUT2D eigenvalue weighted by Crippen LogP contribution is 2.23. The van der Waals surface area contributed by atoms with Crippen LogP contribution in [0.4, 0.5) is 18.9 Å². The number of guanidine groups is 1. The maximum Gasteiger partial charge on any atom is 0.573 e. The molecular weight excluding hydrogens is 371 g/mol. The molecule has 0 saturated heterocycles. The summed E-state index contributed by atoms with van der Waals surface area (Å²) in [5, 5.41) is 7.04. The first-order valence-electron chi connectivity index (χ1n) is 8.36.